The summed E-state index contributed by atoms with van der Waals surface area (Å²) in [5.74, 6) is 2.98. The highest BCUT2D eigenvalue weighted by Gasteiger charge is 2.07. The zero-order valence-electron chi connectivity index (χ0n) is 7.93. The topological polar surface area (TPSA) is 25.8 Å². The third-order valence-electron chi connectivity index (χ3n) is 1.17. The van der Waals surface area contributed by atoms with Crippen molar-refractivity contribution in [2.45, 2.75) is 19.6 Å². The van der Waals surface area contributed by atoms with E-state index in [0.717, 1.165) is 0 Å². The molecule has 0 unspecified atom stereocenters. The smallest absolute Gasteiger partial charge is 0.148 e. The summed E-state index contributed by atoms with van der Waals surface area (Å²) in [5, 5.41) is 0.391. The Morgan fingerprint density at radius 2 is 2.00 bits per heavy atom. The van der Waals surface area contributed by atoms with Gasteiger partial charge in [0.2, 0.25) is 0 Å². The molecular weight excluding hydrogens is 200 g/mol. The fraction of sp³-hybridized carbons (Fsp3) is 0.333. The third-order valence-corrected chi connectivity index (χ3v) is 2.23. The van der Waals surface area contributed by atoms with Crippen molar-refractivity contribution in [3.63, 3.8) is 0 Å². The number of hydrogen-bond acceptors (Lipinski definition) is 2. The number of halogens is 1. The summed E-state index contributed by atoms with van der Waals surface area (Å²) in [5.41, 5.74) is 3.84. The lowest BCUT2D eigenvalue weighted by molar-refractivity contribution is 1.17. The first-order chi connectivity index (χ1) is 5.97. The molecule has 0 saturated heterocycles. The quantitative estimate of drug-likeness (QED) is 0.486. The number of rotatable bonds is 0. The highest BCUT2D eigenvalue weighted by atomic mass is 35.5. The first kappa shape index (κ1) is 10.2. The van der Waals surface area contributed by atoms with Crippen molar-refractivity contribution in [1.29, 1.82) is 0 Å². The first-order valence-electron chi connectivity index (χ1n) is 3.98. The van der Waals surface area contributed by atoms with Gasteiger partial charge in [-0.15, -0.1) is 5.54 Å². The zero-order valence-corrected chi connectivity index (χ0v) is 9.68. The maximum atomic E-state index is 5.66. The van der Waals surface area contributed by atoms with E-state index < -0.39 is 8.07 Å². The summed E-state index contributed by atoms with van der Waals surface area (Å²) < 4.78 is 0. The van der Waals surface area contributed by atoms with Gasteiger partial charge >= 0.3 is 0 Å². The largest absolute Gasteiger partial charge is 0.259 e. The van der Waals surface area contributed by atoms with E-state index in [1.165, 1.54) is 6.20 Å². The number of nitrogens with zero attached hydrogens (tertiary/aromatic N) is 2. The van der Waals surface area contributed by atoms with Crippen molar-refractivity contribution < 1.29 is 0 Å². The molecule has 0 amide bonds. The fourth-order valence-corrected chi connectivity index (χ4v) is 1.30. The van der Waals surface area contributed by atoms with Crippen LogP contribution in [0.25, 0.3) is 0 Å². The number of aromatic nitrogens is 2. The van der Waals surface area contributed by atoms with E-state index in [1.807, 2.05) is 0 Å². The van der Waals surface area contributed by atoms with E-state index >= 15 is 0 Å². The molecule has 0 aliphatic carbocycles. The monoisotopic (exact) mass is 210 g/mol. The van der Waals surface area contributed by atoms with Gasteiger partial charge in [0.05, 0.1) is 12.4 Å². The van der Waals surface area contributed by atoms with Gasteiger partial charge in [0, 0.05) is 0 Å². The van der Waals surface area contributed by atoms with Gasteiger partial charge in [-0.25, -0.2) is 4.98 Å². The van der Waals surface area contributed by atoms with Gasteiger partial charge in [0.25, 0.3) is 0 Å². The highest BCUT2D eigenvalue weighted by molar-refractivity contribution is 6.83. The predicted molar refractivity (Wildman–Crippen MR) is 57.3 cm³/mol. The molecule has 0 saturated carbocycles. The van der Waals surface area contributed by atoms with Crippen molar-refractivity contribution in [2.24, 2.45) is 0 Å². The molecule has 0 aliphatic heterocycles. The van der Waals surface area contributed by atoms with Crippen LogP contribution in [0.15, 0.2) is 12.4 Å². The maximum Gasteiger partial charge on any atom is 0.148 e. The third kappa shape index (κ3) is 4.06. The van der Waals surface area contributed by atoms with Crippen LogP contribution in [0.3, 0.4) is 0 Å². The van der Waals surface area contributed by atoms with Crippen LogP contribution in [-0.2, 0) is 0 Å². The van der Waals surface area contributed by atoms with Crippen LogP contribution < -0.4 is 0 Å². The lowest BCUT2D eigenvalue weighted by Gasteiger charge is -2.02. The molecule has 13 heavy (non-hydrogen) atoms. The molecule has 1 heterocycles. The molecule has 0 bridgehead atoms. The Morgan fingerprint density at radius 1 is 1.31 bits per heavy atom. The Bertz CT molecular complexity index is 360. The summed E-state index contributed by atoms with van der Waals surface area (Å²) in [6, 6.07) is 0. The molecule has 0 fully saturated rings. The van der Waals surface area contributed by atoms with E-state index in [4.69, 9.17) is 11.6 Å². The van der Waals surface area contributed by atoms with Crippen LogP contribution in [-0.4, -0.2) is 18.0 Å². The van der Waals surface area contributed by atoms with Gasteiger partial charge < -0.3 is 0 Å². The Morgan fingerprint density at radius 3 is 2.54 bits per heavy atom. The average Bonchev–Trinajstić information content (AvgIpc) is 2.00. The molecule has 1 aromatic rings. The molecule has 1 aromatic heterocycles. The van der Waals surface area contributed by atoms with Gasteiger partial charge in [0.1, 0.15) is 18.9 Å². The Hall–Kier alpha value is -0.853. The zero-order chi connectivity index (χ0) is 9.90. The van der Waals surface area contributed by atoms with Crippen molar-refractivity contribution in [1.82, 2.24) is 9.97 Å². The number of hydrogen-bond donors (Lipinski definition) is 0. The summed E-state index contributed by atoms with van der Waals surface area (Å²) in [6.07, 6.45) is 3.13. The van der Waals surface area contributed by atoms with E-state index in [1.54, 1.807) is 6.20 Å². The Labute approximate surface area is 84.4 Å². The van der Waals surface area contributed by atoms with Crippen LogP contribution in [0.2, 0.25) is 24.8 Å². The molecule has 0 N–H and O–H groups in total. The molecule has 68 valence electrons. The van der Waals surface area contributed by atoms with Gasteiger partial charge in [-0.2, -0.15) is 0 Å². The van der Waals surface area contributed by atoms with Crippen molar-refractivity contribution in [3.8, 4) is 11.5 Å². The van der Waals surface area contributed by atoms with Crippen LogP contribution in [0.1, 0.15) is 5.69 Å². The summed E-state index contributed by atoms with van der Waals surface area (Å²) in [6.45, 7) is 6.54. The van der Waals surface area contributed by atoms with Gasteiger partial charge in [-0.1, -0.05) is 37.2 Å². The van der Waals surface area contributed by atoms with Crippen molar-refractivity contribution in [3.05, 3.63) is 23.2 Å². The van der Waals surface area contributed by atoms with E-state index in [2.05, 4.69) is 41.1 Å². The van der Waals surface area contributed by atoms with E-state index in [-0.39, 0.29) is 0 Å². The first-order valence-corrected chi connectivity index (χ1v) is 7.86. The summed E-state index contributed by atoms with van der Waals surface area (Å²) >= 11 is 5.66. The van der Waals surface area contributed by atoms with Crippen LogP contribution in [0, 0.1) is 11.5 Å². The maximum absolute atomic E-state index is 5.66. The van der Waals surface area contributed by atoms with Crippen molar-refractivity contribution >= 4 is 19.7 Å². The SMILES string of the molecule is C[Si](C)(C)C#Cc1cncc(Cl)n1. The molecule has 1 rings (SSSR count). The standard InChI is InChI=1S/C9H11ClN2Si/c1-13(2,3)5-4-8-6-11-7-9(10)12-8/h6-7H,1-3H3. The molecule has 0 atom stereocenters. The lowest BCUT2D eigenvalue weighted by atomic mass is 10.5. The molecule has 4 heteroatoms. The van der Waals surface area contributed by atoms with E-state index in [9.17, 15) is 0 Å². The minimum absolute atomic E-state index is 0.391. The van der Waals surface area contributed by atoms with Crippen LogP contribution in [0.4, 0.5) is 0 Å². The molecule has 2 nitrogen and oxygen atoms in total. The van der Waals surface area contributed by atoms with Gasteiger partial charge in [-0.3, -0.25) is 4.98 Å². The minimum Gasteiger partial charge on any atom is -0.259 e. The highest BCUT2D eigenvalue weighted by Crippen LogP contribution is 2.02. The second kappa shape index (κ2) is 3.90. The average molecular weight is 211 g/mol. The Balaban J connectivity index is 2.90. The van der Waals surface area contributed by atoms with Crippen LogP contribution in [0.5, 0.6) is 0 Å². The second-order valence-electron chi connectivity index (χ2n) is 3.73. The molecule has 0 aromatic carbocycles. The second-order valence-corrected chi connectivity index (χ2v) is 8.86. The molecule has 0 radical (unpaired) electrons. The van der Waals surface area contributed by atoms with Crippen LogP contribution >= 0.6 is 11.6 Å². The normalized spacial score (nSPS) is 10.5. The summed E-state index contributed by atoms with van der Waals surface area (Å²) in [4.78, 5) is 7.93. The van der Waals surface area contributed by atoms with Gasteiger partial charge in [-0.05, 0) is 0 Å². The molecular formula is C9H11ClN2Si. The van der Waals surface area contributed by atoms with Crippen molar-refractivity contribution in [2.75, 3.05) is 0 Å². The minimum atomic E-state index is -1.33. The molecule has 0 spiro atoms. The molecule has 0 aliphatic rings. The predicted octanol–water partition coefficient (Wildman–Crippen LogP) is 2.36. The van der Waals surface area contributed by atoms with Gasteiger partial charge in [0.15, 0.2) is 0 Å². The lowest BCUT2D eigenvalue weighted by Crippen LogP contribution is -2.16. The Kier molecular flexibility index (Phi) is 3.07. The van der Waals surface area contributed by atoms with E-state index in [0.29, 0.717) is 10.8 Å². The fourth-order valence-electron chi connectivity index (χ4n) is 0.654. The summed E-state index contributed by atoms with van der Waals surface area (Å²) in [7, 11) is -1.33.